The number of hydrogen-bond donors (Lipinski definition) is 1. The molecule has 0 spiro atoms. The predicted molar refractivity (Wildman–Crippen MR) is 110 cm³/mol. The number of para-hydroxylation sites is 3. The molecule has 0 aliphatic carbocycles. The number of furan rings is 1. The van der Waals surface area contributed by atoms with Crippen LogP contribution in [0.3, 0.4) is 0 Å². The van der Waals surface area contributed by atoms with Crippen LogP contribution in [0.5, 0.6) is 5.75 Å². The summed E-state index contributed by atoms with van der Waals surface area (Å²) < 4.78 is 16.7. The van der Waals surface area contributed by atoms with E-state index in [1.165, 1.54) is 0 Å². The lowest BCUT2D eigenvalue weighted by Gasteiger charge is -2.04. The van der Waals surface area contributed by atoms with Crippen LogP contribution >= 0.6 is 0 Å². The van der Waals surface area contributed by atoms with Crippen LogP contribution in [0, 0.1) is 0 Å². The molecule has 1 amide bonds. The van der Waals surface area contributed by atoms with Crippen molar-refractivity contribution in [1.82, 2.24) is 4.98 Å². The van der Waals surface area contributed by atoms with Crippen molar-refractivity contribution < 1.29 is 18.4 Å². The molecule has 0 saturated heterocycles. The van der Waals surface area contributed by atoms with E-state index in [2.05, 4.69) is 10.3 Å². The molecule has 2 aromatic heterocycles. The highest BCUT2D eigenvalue weighted by Gasteiger charge is 2.15. The fourth-order valence-electron chi connectivity index (χ4n) is 3.19. The van der Waals surface area contributed by atoms with Crippen molar-refractivity contribution >= 4 is 33.7 Å². The Kier molecular flexibility index (Phi) is 4.02. The van der Waals surface area contributed by atoms with Gasteiger partial charge in [-0.15, -0.1) is 0 Å². The van der Waals surface area contributed by atoms with Crippen molar-refractivity contribution in [1.29, 1.82) is 0 Å². The number of benzene rings is 3. The van der Waals surface area contributed by atoms with E-state index in [4.69, 9.17) is 13.6 Å². The second-order valence-electron chi connectivity index (χ2n) is 6.51. The molecule has 0 aliphatic heterocycles. The summed E-state index contributed by atoms with van der Waals surface area (Å²) in [6.45, 7) is 0. The molecular formula is C23H16N2O4. The van der Waals surface area contributed by atoms with Gasteiger partial charge in [0.1, 0.15) is 5.52 Å². The first-order chi connectivity index (χ1) is 14.2. The topological polar surface area (TPSA) is 77.5 Å². The van der Waals surface area contributed by atoms with Crippen LogP contribution in [0.25, 0.3) is 33.5 Å². The highest BCUT2D eigenvalue weighted by Crippen LogP contribution is 2.29. The number of carbonyl (C=O) groups is 1. The molecule has 142 valence electrons. The Morgan fingerprint density at radius 2 is 1.79 bits per heavy atom. The molecule has 6 nitrogen and oxygen atoms in total. The Hall–Kier alpha value is -4.06. The number of oxazole rings is 1. The van der Waals surface area contributed by atoms with E-state index < -0.39 is 0 Å². The van der Waals surface area contributed by atoms with Gasteiger partial charge in [0.05, 0.1) is 7.11 Å². The summed E-state index contributed by atoms with van der Waals surface area (Å²) in [7, 11) is 1.56. The first-order valence-corrected chi connectivity index (χ1v) is 9.05. The maximum atomic E-state index is 12.6. The van der Waals surface area contributed by atoms with Gasteiger partial charge in [-0.25, -0.2) is 4.98 Å². The van der Waals surface area contributed by atoms with Gasteiger partial charge in [-0.1, -0.05) is 24.3 Å². The number of aromatic nitrogens is 1. The molecule has 0 radical (unpaired) electrons. The van der Waals surface area contributed by atoms with Crippen LogP contribution in [-0.2, 0) is 0 Å². The largest absolute Gasteiger partial charge is 0.493 e. The fraction of sp³-hybridized carbons (Fsp3) is 0.0435. The summed E-state index contributed by atoms with van der Waals surface area (Å²) in [5.74, 6) is 1.00. The lowest BCUT2D eigenvalue weighted by molar-refractivity contribution is 0.0998. The van der Waals surface area contributed by atoms with Crippen LogP contribution in [0.1, 0.15) is 10.6 Å². The van der Waals surface area contributed by atoms with Crippen LogP contribution in [-0.4, -0.2) is 18.0 Å². The van der Waals surface area contributed by atoms with Crippen molar-refractivity contribution in [3.8, 4) is 17.2 Å². The van der Waals surface area contributed by atoms with Gasteiger partial charge in [-0.3, -0.25) is 4.79 Å². The van der Waals surface area contributed by atoms with E-state index in [0.717, 1.165) is 22.0 Å². The molecule has 0 aliphatic rings. The maximum Gasteiger partial charge on any atom is 0.291 e. The third kappa shape index (κ3) is 3.10. The van der Waals surface area contributed by atoms with Crippen LogP contribution in [0.2, 0.25) is 0 Å². The van der Waals surface area contributed by atoms with Gasteiger partial charge in [0.25, 0.3) is 5.91 Å². The van der Waals surface area contributed by atoms with Crippen LogP contribution in [0.15, 0.2) is 81.6 Å². The maximum absolute atomic E-state index is 12.6. The van der Waals surface area contributed by atoms with Crippen LogP contribution in [0.4, 0.5) is 5.69 Å². The average Bonchev–Trinajstić information content (AvgIpc) is 3.38. The molecule has 0 bridgehead atoms. The molecule has 0 atom stereocenters. The van der Waals surface area contributed by atoms with Gasteiger partial charge in [0, 0.05) is 16.6 Å². The monoisotopic (exact) mass is 384 g/mol. The minimum absolute atomic E-state index is 0.215. The standard InChI is InChI=1S/C23H16N2O4/c1-27-19-8-4-5-15-13-20(28-21(15)19)22(26)24-16-11-9-14(10-12-16)23-25-17-6-2-3-7-18(17)29-23/h2-13H,1H3,(H,24,26). The number of hydrogen-bond acceptors (Lipinski definition) is 5. The second kappa shape index (κ2) is 6.83. The van der Waals surface area contributed by atoms with E-state index in [1.807, 2.05) is 48.5 Å². The summed E-state index contributed by atoms with van der Waals surface area (Å²) in [5.41, 5.74) is 3.56. The third-order valence-electron chi connectivity index (χ3n) is 4.64. The minimum Gasteiger partial charge on any atom is -0.493 e. The third-order valence-corrected chi connectivity index (χ3v) is 4.64. The highest BCUT2D eigenvalue weighted by atomic mass is 16.5. The number of amides is 1. The molecule has 3 aromatic carbocycles. The smallest absolute Gasteiger partial charge is 0.291 e. The predicted octanol–water partition coefficient (Wildman–Crippen LogP) is 5.50. The second-order valence-corrected chi connectivity index (χ2v) is 6.51. The molecule has 0 unspecified atom stereocenters. The number of nitrogens with zero attached hydrogens (tertiary/aromatic N) is 1. The highest BCUT2D eigenvalue weighted by molar-refractivity contribution is 6.05. The lowest BCUT2D eigenvalue weighted by atomic mass is 10.2. The fourth-order valence-corrected chi connectivity index (χ4v) is 3.19. The van der Waals surface area contributed by atoms with Crippen LogP contribution < -0.4 is 10.1 Å². The quantitative estimate of drug-likeness (QED) is 0.443. The van der Waals surface area contributed by atoms with Crippen molar-refractivity contribution in [3.05, 3.63) is 78.6 Å². The van der Waals surface area contributed by atoms with E-state index in [9.17, 15) is 4.79 Å². The number of ether oxygens (including phenoxy) is 1. The number of anilines is 1. The molecule has 29 heavy (non-hydrogen) atoms. The summed E-state index contributed by atoms with van der Waals surface area (Å²) >= 11 is 0. The van der Waals surface area contributed by atoms with Crippen molar-refractivity contribution in [2.75, 3.05) is 12.4 Å². The van der Waals surface area contributed by atoms with Gasteiger partial charge in [0.15, 0.2) is 22.7 Å². The number of fused-ring (bicyclic) bond motifs is 2. The molecule has 2 heterocycles. The number of carbonyl (C=O) groups excluding carboxylic acids is 1. The molecular weight excluding hydrogens is 368 g/mol. The van der Waals surface area contributed by atoms with E-state index in [-0.39, 0.29) is 11.7 Å². The zero-order chi connectivity index (χ0) is 19.8. The molecule has 5 rings (SSSR count). The van der Waals surface area contributed by atoms with Gasteiger partial charge < -0.3 is 18.9 Å². The molecule has 0 saturated carbocycles. The van der Waals surface area contributed by atoms with Crippen molar-refractivity contribution in [2.24, 2.45) is 0 Å². The Labute approximate surface area is 165 Å². The number of rotatable bonds is 4. The molecule has 0 fully saturated rings. The van der Waals surface area contributed by atoms with Gasteiger partial charge in [-0.05, 0) is 48.5 Å². The first kappa shape index (κ1) is 17.1. The summed E-state index contributed by atoms with van der Waals surface area (Å²) in [4.78, 5) is 17.1. The van der Waals surface area contributed by atoms with E-state index in [0.29, 0.717) is 22.9 Å². The lowest BCUT2D eigenvalue weighted by Crippen LogP contribution is -2.10. The SMILES string of the molecule is COc1cccc2cc(C(=O)Nc3ccc(-c4nc5ccccc5o4)cc3)oc12. The molecule has 1 N–H and O–H groups in total. The molecule has 6 heteroatoms. The minimum atomic E-state index is -0.335. The van der Waals surface area contributed by atoms with E-state index in [1.54, 1.807) is 31.4 Å². The summed E-state index contributed by atoms with van der Waals surface area (Å²) in [6, 6.07) is 22.1. The van der Waals surface area contributed by atoms with Gasteiger partial charge in [-0.2, -0.15) is 0 Å². The normalized spacial score (nSPS) is 11.1. The average molecular weight is 384 g/mol. The van der Waals surface area contributed by atoms with E-state index >= 15 is 0 Å². The Morgan fingerprint density at radius 3 is 2.59 bits per heavy atom. The van der Waals surface area contributed by atoms with Gasteiger partial charge >= 0.3 is 0 Å². The Bertz CT molecular complexity index is 1300. The zero-order valence-corrected chi connectivity index (χ0v) is 15.5. The zero-order valence-electron chi connectivity index (χ0n) is 15.5. The Morgan fingerprint density at radius 1 is 0.966 bits per heavy atom. The summed E-state index contributed by atoms with van der Waals surface area (Å²) in [5, 5.41) is 3.64. The van der Waals surface area contributed by atoms with Gasteiger partial charge in [0.2, 0.25) is 5.89 Å². The Balaban J connectivity index is 1.37. The number of nitrogens with one attached hydrogen (secondary N) is 1. The summed E-state index contributed by atoms with van der Waals surface area (Å²) in [6.07, 6.45) is 0. The van der Waals surface area contributed by atoms with Crippen molar-refractivity contribution in [2.45, 2.75) is 0 Å². The first-order valence-electron chi connectivity index (χ1n) is 9.05. The molecule has 5 aromatic rings. The number of methoxy groups -OCH3 is 1. The van der Waals surface area contributed by atoms with Crippen molar-refractivity contribution in [3.63, 3.8) is 0 Å².